The average molecular weight is 552 g/mol. The number of piperazine rings is 1. The zero-order valence-electron chi connectivity index (χ0n) is 22.5. The number of nitrogens with zero attached hydrogens (tertiary/aromatic N) is 6. The van der Waals surface area contributed by atoms with Crippen molar-refractivity contribution >= 4 is 23.6 Å². The number of rotatable bonds is 12. The van der Waals surface area contributed by atoms with Crippen LogP contribution in [0.1, 0.15) is 17.7 Å². The number of hydrogen-bond acceptors (Lipinski definition) is 9. The number of methoxy groups -OCH3 is 1. The van der Waals surface area contributed by atoms with Gasteiger partial charge in [0.2, 0.25) is 17.8 Å². The molecule has 13 heteroatoms. The zero-order valence-corrected chi connectivity index (χ0v) is 22.5. The van der Waals surface area contributed by atoms with Crippen molar-refractivity contribution in [3.8, 4) is 11.7 Å². The highest BCUT2D eigenvalue weighted by Crippen LogP contribution is 2.23. The van der Waals surface area contributed by atoms with Gasteiger partial charge in [-0.15, -0.1) is 0 Å². The molecule has 0 bridgehead atoms. The van der Waals surface area contributed by atoms with Gasteiger partial charge in [0.25, 0.3) is 0 Å². The maximum atomic E-state index is 13.0. The summed E-state index contributed by atoms with van der Waals surface area (Å²) < 4.78 is 11.9. The first-order valence-corrected chi connectivity index (χ1v) is 12.9. The molecule has 2 aromatic heterocycles. The first kappa shape index (κ1) is 28.5. The predicted molar refractivity (Wildman–Crippen MR) is 144 cm³/mol. The van der Waals surface area contributed by atoms with Crippen LogP contribution in [-0.2, 0) is 25.5 Å². The molecule has 1 saturated heterocycles. The summed E-state index contributed by atoms with van der Waals surface area (Å²) in [6.07, 6.45) is 5.79. The first-order valence-electron chi connectivity index (χ1n) is 12.9. The van der Waals surface area contributed by atoms with Gasteiger partial charge in [-0.3, -0.25) is 14.2 Å². The van der Waals surface area contributed by atoms with Crippen LogP contribution in [-0.4, -0.2) is 99.9 Å². The fourth-order valence-corrected chi connectivity index (χ4v) is 4.48. The van der Waals surface area contributed by atoms with Crippen molar-refractivity contribution in [1.82, 2.24) is 29.7 Å². The number of ether oxygens (including phenoxy) is 2. The summed E-state index contributed by atoms with van der Waals surface area (Å²) in [5.74, 6) is 0.241. The molecular formula is C27H33N7O6. The lowest BCUT2D eigenvalue weighted by atomic mass is 10.1. The van der Waals surface area contributed by atoms with Crippen LogP contribution in [0.5, 0.6) is 5.75 Å². The molecule has 2 N–H and O–H groups in total. The topological polar surface area (TPSA) is 152 Å². The van der Waals surface area contributed by atoms with Crippen LogP contribution in [0.25, 0.3) is 5.95 Å². The second-order valence-electron chi connectivity index (χ2n) is 9.36. The fraction of sp³-hybridized carbons (Fsp3) is 0.407. The van der Waals surface area contributed by atoms with Crippen molar-refractivity contribution in [1.29, 1.82) is 0 Å². The van der Waals surface area contributed by atoms with Crippen molar-refractivity contribution in [3.63, 3.8) is 0 Å². The number of aliphatic carboxylic acids is 1. The van der Waals surface area contributed by atoms with Crippen LogP contribution in [0, 0.1) is 6.92 Å². The molecular weight excluding hydrogens is 518 g/mol. The molecule has 0 radical (unpaired) electrons. The van der Waals surface area contributed by atoms with Gasteiger partial charge in [0, 0.05) is 56.8 Å². The Balaban J connectivity index is 1.45. The van der Waals surface area contributed by atoms with Gasteiger partial charge in [0.1, 0.15) is 31.1 Å². The molecule has 40 heavy (non-hydrogen) atoms. The summed E-state index contributed by atoms with van der Waals surface area (Å²) in [4.78, 5) is 53.4. The van der Waals surface area contributed by atoms with Crippen molar-refractivity contribution in [2.24, 2.45) is 0 Å². The number of carboxylic acid groups (broad SMARTS) is 1. The number of carbonyl (C=O) groups excluding carboxylic acids is 2. The smallest absolute Gasteiger partial charge is 0.329 e. The van der Waals surface area contributed by atoms with Gasteiger partial charge in [0.15, 0.2) is 0 Å². The monoisotopic (exact) mass is 551 g/mol. The first-order chi connectivity index (χ1) is 19.3. The highest BCUT2D eigenvalue weighted by Gasteiger charge is 2.32. The zero-order chi connectivity index (χ0) is 28.5. The molecule has 0 saturated carbocycles. The molecule has 1 aliphatic rings. The molecule has 2 amide bonds. The van der Waals surface area contributed by atoms with E-state index in [1.165, 1.54) is 0 Å². The SMILES string of the molecule is COc1ccc(CCNC(=O)CC2CN(C(=O)COCC(=O)O)CCN2c2cc(C)nc(-n3ccnc3)n2)cc1. The van der Waals surface area contributed by atoms with Crippen LogP contribution < -0.4 is 15.0 Å². The van der Waals surface area contributed by atoms with Gasteiger partial charge in [-0.1, -0.05) is 12.1 Å². The molecule has 1 atom stereocenters. The Morgan fingerprint density at radius 1 is 1.12 bits per heavy atom. The number of carbonyl (C=O) groups is 3. The van der Waals surface area contributed by atoms with Gasteiger partial charge < -0.3 is 29.7 Å². The predicted octanol–water partition coefficient (Wildman–Crippen LogP) is 0.847. The highest BCUT2D eigenvalue weighted by molar-refractivity contribution is 5.80. The number of hydrogen-bond donors (Lipinski definition) is 2. The summed E-state index contributed by atoms with van der Waals surface area (Å²) in [6.45, 7) is 2.48. The van der Waals surface area contributed by atoms with Crippen molar-refractivity contribution in [2.75, 3.05) is 51.4 Å². The van der Waals surface area contributed by atoms with E-state index in [4.69, 9.17) is 19.6 Å². The third-order valence-electron chi connectivity index (χ3n) is 6.46. The number of amides is 2. The number of anilines is 1. The average Bonchev–Trinajstić information content (AvgIpc) is 3.48. The number of benzene rings is 1. The third-order valence-corrected chi connectivity index (χ3v) is 6.46. The molecule has 3 heterocycles. The lowest BCUT2D eigenvalue weighted by Crippen LogP contribution is -2.57. The number of imidazole rings is 1. The van der Waals surface area contributed by atoms with Gasteiger partial charge in [-0.25, -0.2) is 14.8 Å². The molecule has 212 valence electrons. The van der Waals surface area contributed by atoms with Gasteiger partial charge in [-0.2, -0.15) is 4.98 Å². The fourth-order valence-electron chi connectivity index (χ4n) is 4.48. The van der Waals surface area contributed by atoms with E-state index in [0.717, 1.165) is 17.0 Å². The lowest BCUT2D eigenvalue weighted by Gasteiger charge is -2.42. The molecule has 1 fully saturated rings. The molecule has 13 nitrogen and oxygen atoms in total. The molecule has 1 aromatic carbocycles. The van der Waals surface area contributed by atoms with E-state index < -0.39 is 12.6 Å². The Morgan fingerprint density at radius 3 is 2.62 bits per heavy atom. The quantitative estimate of drug-likeness (QED) is 0.331. The maximum Gasteiger partial charge on any atom is 0.329 e. The minimum absolute atomic E-state index is 0.131. The van der Waals surface area contributed by atoms with Gasteiger partial charge in [-0.05, 0) is 31.0 Å². The van der Waals surface area contributed by atoms with Crippen LogP contribution >= 0.6 is 0 Å². The van der Waals surface area contributed by atoms with E-state index in [1.54, 1.807) is 35.3 Å². The van der Waals surface area contributed by atoms with Crippen molar-refractivity contribution < 1.29 is 29.0 Å². The van der Waals surface area contributed by atoms with Crippen LogP contribution in [0.4, 0.5) is 5.82 Å². The van der Waals surface area contributed by atoms with E-state index >= 15 is 0 Å². The van der Waals surface area contributed by atoms with Gasteiger partial charge in [0.05, 0.1) is 13.2 Å². The second kappa shape index (κ2) is 13.5. The molecule has 0 aliphatic carbocycles. The Morgan fingerprint density at radius 2 is 1.93 bits per heavy atom. The molecule has 1 unspecified atom stereocenters. The molecule has 0 spiro atoms. The standard InChI is InChI=1S/C27H33N7O6/c1-19-13-23(31-27(30-19)33-10-9-28-18-33)34-12-11-32(25(36)16-40-17-26(37)38)15-21(34)14-24(35)29-8-7-20-3-5-22(39-2)6-4-20/h3-6,9-10,13,18,21H,7-8,11-12,14-17H2,1-2H3,(H,29,35)(H,37,38). The van der Waals surface area contributed by atoms with E-state index in [0.29, 0.717) is 37.8 Å². The third kappa shape index (κ3) is 7.76. The van der Waals surface area contributed by atoms with Crippen LogP contribution in [0.2, 0.25) is 0 Å². The number of aryl methyl sites for hydroxylation is 1. The summed E-state index contributed by atoms with van der Waals surface area (Å²) in [5.41, 5.74) is 1.82. The number of aromatic nitrogens is 4. The minimum Gasteiger partial charge on any atom is -0.497 e. The molecule has 1 aliphatic heterocycles. The molecule has 3 aromatic rings. The highest BCUT2D eigenvalue weighted by atomic mass is 16.5. The number of carboxylic acids is 1. The molecule has 4 rings (SSSR count). The largest absolute Gasteiger partial charge is 0.497 e. The summed E-state index contributed by atoms with van der Waals surface area (Å²) in [5, 5.41) is 11.8. The Kier molecular flexibility index (Phi) is 9.62. The Bertz CT molecular complexity index is 1300. The van der Waals surface area contributed by atoms with Crippen LogP contribution in [0.15, 0.2) is 49.1 Å². The summed E-state index contributed by atoms with van der Waals surface area (Å²) >= 11 is 0. The normalized spacial score (nSPS) is 15.1. The maximum absolute atomic E-state index is 13.0. The minimum atomic E-state index is -1.14. The van der Waals surface area contributed by atoms with E-state index in [2.05, 4.69) is 15.3 Å². The lowest BCUT2D eigenvalue weighted by molar-refractivity contribution is -0.146. The Hall–Kier alpha value is -4.52. The van der Waals surface area contributed by atoms with E-state index in [9.17, 15) is 14.4 Å². The van der Waals surface area contributed by atoms with E-state index in [1.807, 2.05) is 42.2 Å². The second-order valence-corrected chi connectivity index (χ2v) is 9.36. The summed E-state index contributed by atoms with van der Waals surface area (Å²) in [6, 6.07) is 9.15. The van der Waals surface area contributed by atoms with Gasteiger partial charge >= 0.3 is 5.97 Å². The van der Waals surface area contributed by atoms with Crippen LogP contribution in [0.3, 0.4) is 0 Å². The van der Waals surface area contributed by atoms with Crippen molar-refractivity contribution in [2.45, 2.75) is 25.8 Å². The Labute approximate surface area is 231 Å². The van der Waals surface area contributed by atoms with E-state index in [-0.39, 0.29) is 37.4 Å². The number of nitrogens with one attached hydrogen (secondary N) is 1. The van der Waals surface area contributed by atoms with Crippen molar-refractivity contribution in [3.05, 3.63) is 60.3 Å². The summed E-state index contributed by atoms with van der Waals surface area (Å²) in [7, 11) is 1.61.